The van der Waals surface area contributed by atoms with Crippen molar-refractivity contribution < 1.29 is 23.8 Å². The molecule has 2 aromatic heterocycles. The zero-order chi connectivity index (χ0) is 14.0. The number of methoxy groups -OCH3 is 3. The third-order valence-corrected chi connectivity index (χ3v) is 2.65. The quantitative estimate of drug-likeness (QED) is 0.767. The highest BCUT2D eigenvalue weighted by atomic mass is 16.5. The Morgan fingerprint density at radius 3 is 2.32 bits per heavy atom. The number of hydrogen-bond donors (Lipinski definition) is 0. The molecular weight excluding hydrogens is 252 g/mol. The lowest BCUT2D eigenvalue weighted by atomic mass is 10.1. The zero-order valence-corrected chi connectivity index (χ0v) is 10.7. The van der Waals surface area contributed by atoms with Crippen molar-refractivity contribution in [3.8, 4) is 5.75 Å². The highest BCUT2D eigenvalue weighted by Gasteiger charge is 2.22. The molecular formula is C12H12N2O5. The third-order valence-electron chi connectivity index (χ3n) is 2.65. The first-order valence-corrected chi connectivity index (χ1v) is 5.35. The smallest absolute Gasteiger partial charge is 0.341 e. The molecule has 0 unspecified atom stereocenters. The molecule has 0 aliphatic carbocycles. The molecule has 7 nitrogen and oxygen atoms in total. The monoisotopic (exact) mass is 264 g/mol. The van der Waals surface area contributed by atoms with Crippen LogP contribution in [0.4, 0.5) is 0 Å². The lowest BCUT2D eigenvalue weighted by Crippen LogP contribution is -2.08. The Labute approximate surface area is 108 Å². The van der Waals surface area contributed by atoms with Crippen molar-refractivity contribution in [1.29, 1.82) is 0 Å². The summed E-state index contributed by atoms with van der Waals surface area (Å²) in [5, 5.41) is 4.01. The molecule has 2 rings (SSSR count). The van der Waals surface area contributed by atoms with Gasteiger partial charge in [0.1, 0.15) is 16.6 Å². The van der Waals surface area contributed by atoms with Crippen molar-refractivity contribution in [2.75, 3.05) is 21.3 Å². The van der Waals surface area contributed by atoms with E-state index in [-0.39, 0.29) is 16.9 Å². The van der Waals surface area contributed by atoms with Gasteiger partial charge in [-0.1, -0.05) is 0 Å². The fraction of sp³-hybridized carbons (Fsp3) is 0.250. The van der Waals surface area contributed by atoms with Crippen molar-refractivity contribution in [2.24, 2.45) is 0 Å². The Hall–Kier alpha value is -2.57. The van der Waals surface area contributed by atoms with Gasteiger partial charge in [-0.05, 0) is 6.07 Å². The lowest BCUT2D eigenvalue weighted by molar-refractivity contribution is 0.0587. The van der Waals surface area contributed by atoms with E-state index in [2.05, 4.69) is 14.6 Å². The minimum absolute atomic E-state index is 0.211. The second-order valence-electron chi connectivity index (χ2n) is 3.60. The predicted octanol–water partition coefficient (Wildman–Crippen LogP) is 0.916. The first-order valence-electron chi connectivity index (χ1n) is 5.35. The van der Waals surface area contributed by atoms with E-state index >= 15 is 0 Å². The van der Waals surface area contributed by atoms with Gasteiger partial charge in [-0.2, -0.15) is 5.10 Å². The summed E-state index contributed by atoms with van der Waals surface area (Å²) in [5.74, 6) is -0.904. The van der Waals surface area contributed by atoms with Gasteiger partial charge in [0.05, 0.1) is 27.5 Å². The standard InChI is InChI=1S/C12H12N2O5/c1-17-10-7(11(15)18-2)4-5-14-9(10)8(6-13-14)12(16)19-3/h4-6H,1-3H3. The van der Waals surface area contributed by atoms with E-state index < -0.39 is 11.9 Å². The van der Waals surface area contributed by atoms with Gasteiger partial charge in [0.2, 0.25) is 0 Å². The van der Waals surface area contributed by atoms with E-state index in [0.29, 0.717) is 5.52 Å². The average molecular weight is 264 g/mol. The summed E-state index contributed by atoms with van der Waals surface area (Å²) in [4.78, 5) is 23.3. The molecule has 100 valence electrons. The number of carbonyl (C=O) groups excluding carboxylic acids is 2. The molecule has 0 amide bonds. The minimum atomic E-state index is -0.560. The van der Waals surface area contributed by atoms with E-state index in [0.717, 1.165) is 0 Å². The fourth-order valence-electron chi connectivity index (χ4n) is 1.79. The molecule has 0 saturated carbocycles. The largest absolute Gasteiger partial charge is 0.494 e. The summed E-state index contributed by atoms with van der Waals surface area (Å²) in [7, 11) is 3.93. The molecule has 0 saturated heterocycles. The second-order valence-corrected chi connectivity index (χ2v) is 3.60. The van der Waals surface area contributed by atoms with Gasteiger partial charge in [0, 0.05) is 6.20 Å². The van der Waals surface area contributed by atoms with Gasteiger partial charge in [0.15, 0.2) is 5.75 Å². The zero-order valence-electron chi connectivity index (χ0n) is 10.7. The lowest BCUT2D eigenvalue weighted by Gasteiger charge is -2.09. The molecule has 0 fully saturated rings. The molecule has 0 N–H and O–H groups in total. The molecule has 0 atom stereocenters. The number of fused-ring (bicyclic) bond motifs is 1. The maximum absolute atomic E-state index is 11.7. The number of carbonyl (C=O) groups is 2. The normalized spacial score (nSPS) is 10.3. The molecule has 2 heterocycles. The first kappa shape index (κ1) is 12.9. The van der Waals surface area contributed by atoms with Gasteiger partial charge in [-0.25, -0.2) is 14.1 Å². The number of hydrogen-bond acceptors (Lipinski definition) is 6. The van der Waals surface area contributed by atoms with Crippen LogP contribution in [0.5, 0.6) is 5.75 Å². The molecule has 0 aliphatic heterocycles. The Balaban J connectivity index is 2.76. The van der Waals surface area contributed by atoms with Crippen LogP contribution in [0.15, 0.2) is 18.5 Å². The highest BCUT2D eigenvalue weighted by Crippen LogP contribution is 2.28. The second kappa shape index (κ2) is 4.97. The number of ether oxygens (including phenoxy) is 3. The van der Waals surface area contributed by atoms with E-state index in [1.165, 1.54) is 44.3 Å². The maximum atomic E-state index is 11.7. The molecule has 2 aromatic rings. The number of pyridine rings is 1. The number of aromatic nitrogens is 2. The van der Waals surface area contributed by atoms with Crippen LogP contribution in [-0.2, 0) is 9.47 Å². The van der Waals surface area contributed by atoms with Crippen LogP contribution in [0.3, 0.4) is 0 Å². The molecule has 19 heavy (non-hydrogen) atoms. The van der Waals surface area contributed by atoms with Crippen molar-refractivity contribution >= 4 is 17.5 Å². The number of nitrogens with zero attached hydrogens (tertiary/aromatic N) is 2. The van der Waals surface area contributed by atoms with Gasteiger partial charge in [-0.15, -0.1) is 0 Å². The highest BCUT2D eigenvalue weighted by molar-refractivity contribution is 6.02. The predicted molar refractivity (Wildman–Crippen MR) is 64.4 cm³/mol. The summed E-state index contributed by atoms with van der Waals surface area (Å²) < 4.78 is 16.0. The van der Waals surface area contributed by atoms with Crippen molar-refractivity contribution in [3.05, 3.63) is 29.6 Å². The maximum Gasteiger partial charge on any atom is 0.341 e. The molecule has 0 spiro atoms. The van der Waals surface area contributed by atoms with Crippen LogP contribution >= 0.6 is 0 Å². The number of rotatable bonds is 3. The fourth-order valence-corrected chi connectivity index (χ4v) is 1.79. The van der Waals surface area contributed by atoms with Crippen LogP contribution in [0.2, 0.25) is 0 Å². The Bertz CT molecular complexity index is 647. The van der Waals surface area contributed by atoms with Crippen molar-refractivity contribution in [1.82, 2.24) is 9.61 Å². The Morgan fingerprint density at radius 2 is 1.74 bits per heavy atom. The summed E-state index contributed by atoms with van der Waals surface area (Å²) >= 11 is 0. The summed E-state index contributed by atoms with van der Waals surface area (Å²) in [6.07, 6.45) is 2.89. The Morgan fingerprint density at radius 1 is 1.11 bits per heavy atom. The van der Waals surface area contributed by atoms with Gasteiger partial charge < -0.3 is 14.2 Å². The van der Waals surface area contributed by atoms with Crippen LogP contribution in [0.25, 0.3) is 5.52 Å². The summed E-state index contributed by atoms with van der Waals surface area (Å²) in [6, 6.07) is 1.51. The molecule has 0 aromatic carbocycles. The van der Waals surface area contributed by atoms with E-state index in [1.54, 1.807) is 0 Å². The molecule has 7 heteroatoms. The van der Waals surface area contributed by atoms with E-state index in [9.17, 15) is 9.59 Å². The topological polar surface area (TPSA) is 79.1 Å². The van der Waals surface area contributed by atoms with Crippen LogP contribution < -0.4 is 4.74 Å². The van der Waals surface area contributed by atoms with Crippen molar-refractivity contribution in [2.45, 2.75) is 0 Å². The first-order chi connectivity index (χ1) is 9.13. The Kier molecular flexibility index (Phi) is 3.37. The molecule has 0 radical (unpaired) electrons. The molecule has 0 aliphatic rings. The van der Waals surface area contributed by atoms with E-state index in [4.69, 9.17) is 4.74 Å². The molecule has 0 bridgehead atoms. The van der Waals surface area contributed by atoms with Gasteiger partial charge >= 0.3 is 11.9 Å². The summed E-state index contributed by atoms with van der Waals surface area (Å²) in [5.41, 5.74) is 0.783. The minimum Gasteiger partial charge on any atom is -0.494 e. The number of esters is 2. The van der Waals surface area contributed by atoms with Gasteiger partial charge in [0.25, 0.3) is 0 Å². The van der Waals surface area contributed by atoms with Crippen LogP contribution in [0.1, 0.15) is 20.7 Å². The SMILES string of the molecule is COC(=O)c1ccn2ncc(C(=O)OC)c2c1OC. The average Bonchev–Trinajstić information content (AvgIpc) is 2.88. The van der Waals surface area contributed by atoms with E-state index in [1.807, 2.05) is 0 Å². The van der Waals surface area contributed by atoms with Gasteiger partial charge in [-0.3, -0.25) is 0 Å². The summed E-state index contributed by atoms with van der Waals surface area (Å²) in [6.45, 7) is 0. The third kappa shape index (κ3) is 1.99. The van der Waals surface area contributed by atoms with Crippen LogP contribution in [0, 0.1) is 0 Å². The van der Waals surface area contributed by atoms with Crippen molar-refractivity contribution in [3.63, 3.8) is 0 Å². The van der Waals surface area contributed by atoms with Crippen LogP contribution in [-0.4, -0.2) is 42.9 Å².